The van der Waals surface area contributed by atoms with Crippen molar-refractivity contribution in [3.05, 3.63) is 65.2 Å². The number of benzene rings is 2. The molecule has 0 spiro atoms. The average Bonchev–Trinajstić information content (AvgIpc) is 3.49. The van der Waals surface area contributed by atoms with Crippen molar-refractivity contribution in [2.45, 2.75) is 37.6 Å². The Morgan fingerprint density at radius 3 is 2.56 bits per heavy atom. The number of nitrogens with one attached hydrogen (secondary N) is 2. The summed E-state index contributed by atoms with van der Waals surface area (Å²) in [7, 11) is 1.52. The standard InChI is InChI=1S/C25H28N4O5/c1-26-24(32)27-18-10-12-19-17(14-18)9-11-20(19)23(31)29(25(33)34)15-22(30)28-13-5-8-21(28)16-6-3-2-4-7-16/h2-4,6-7,10,12,14,20-21H,5,8-9,11,13,15H2,1H3,(H,33,34)(H2,26,27,32)/t20-,21-/m0/s1. The van der Waals surface area contributed by atoms with E-state index in [1.54, 1.807) is 23.1 Å². The Hall–Kier alpha value is -3.88. The molecule has 0 radical (unpaired) electrons. The topological polar surface area (TPSA) is 119 Å². The maximum Gasteiger partial charge on any atom is 0.414 e. The van der Waals surface area contributed by atoms with Gasteiger partial charge in [-0.25, -0.2) is 14.5 Å². The Morgan fingerprint density at radius 2 is 1.85 bits per heavy atom. The van der Waals surface area contributed by atoms with Gasteiger partial charge in [-0.2, -0.15) is 0 Å². The number of carbonyl (C=O) groups excluding carboxylic acids is 3. The average molecular weight is 465 g/mol. The number of hydrogen-bond acceptors (Lipinski definition) is 4. The number of anilines is 1. The maximum atomic E-state index is 13.3. The van der Waals surface area contributed by atoms with Gasteiger partial charge in [-0.15, -0.1) is 0 Å². The Labute approximate surface area is 197 Å². The summed E-state index contributed by atoms with van der Waals surface area (Å²) in [5.41, 5.74) is 3.21. The molecule has 4 rings (SSSR count). The first-order chi connectivity index (χ1) is 16.4. The number of urea groups is 1. The third kappa shape index (κ3) is 4.73. The molecule has 178 valence electrons. The Kier molecular flexibility index (Phi) is 6.81. The smallest absolute Gasteiger partial charge is 0.414 e. The number of likely N-dealkylation sites (tertiary alicyclic amines) is 1. The predicted octanol–water partition coefficient (Wildman–Crippen LogP) is 3.34. The van der Waals surface area contributed by atoms with Crippen LogP contribution in [0.4, 0.5) is 15.3 Å². The number of amides is 5. The van der Waals surface area contributed by atoms with E-state index in [-0.39, 0.29) is 18.0 Å². The second-order valence-electron chi connectivity index (χ2n) is 8.57. The number of carbonyl (C=O) groups is 4. The Bertz CT molecular complexity index is 1100. The van der Waals surface area contributed by atoms with Crippen LogP contribution in [0.5, 0.6) is 0 Å². The molecule has 2 atom stereocenters. The summed E-state index contributed by atoms with van der Waals surface area (Å²) >= 11 is 0. The van der Waals surface area contributed by atoms with Crippen LogP contribution in [-0.2, 0) is 16.0 Å². The molecule has 2 aromatic rings. The minimum atomic E-state index is -1.43. The van der Waals surface area contributed by atoms with Crippen molar-refractivity contribution in [1.82, 2.24) is 15.1 Å². The van der Waals surface area contributed by atoms with Crippen LogP contribution >= 0.6 is 0 Å². The van der Waals surface area contributed by atoms with Crippen molar-refractivity contribution < 1.29 is 24.3 Å². The predicted molar refractivity (Wildman–Crippen MR) is 125 cm³/mol. The van der Waals surface area contributed by atoms with Gasteiger partial charge in [0.25, 0.3) is 0 Å². The molecule has 0 saturated carbocycles. The molecule has 1 fully saturated rings. The van der Waals surface area contributed by atoms with Crippen LogP contribution in [0.3, 0.4) is 0 Å². The summed E-state index contributed by atoms with van der Waals surface area (Å²) in [6.45, 7) is 0.0348. The fraction of sp³-hybridized carbons (Fsp3) is 0.360. The second-order valence-corrected chi connectivity index (χ2v) is 8.57. The highest BCUT2D eigenvalue weighted by Crippen LogP contribution is 2.36. The van der Waals surface area contributed by atoms with Crippen molar-refractivity contribution in [1.29, 1.82) is 0 Å². The molecule has 2 aromatic carbocycles. The van der Waals surface area contributed by atoms with Gasteiger partial charge in [0.2, 0.25) is 11.8 Å². The van der Waals surface area contributed by atoms with E-state index < -0.39 is 24.5 Å². The van der Waals surface area contributed by atoms with Crippen molar-refractivity contribution in [3.63, 3.8) is 0 Å². The normalized spacial score (nSPS) is 18.8. The highest BCUT2D eigenvalue weighted by atomic mass is 16.4. The van der Waals surface area contributed by atoms with E-state index >= 15 is 0 Å². The zero-order valence-electron chi connectivity index (χ0n) is 19.0. The van der Waals surface area contributed by atoms with E-state index in [4.69, 9.17) is 0 Å². The first-order valence-corrected chi connectivity index (χ1v) is 11.4. The van der Waals surface area contributed by atoms with E-state index in [0.29, 0.717) is 30.0 Å². The highest BCUT2D eigenvalue weighted by molar-refractivity contribution is 5.99. The van der Waals surface area contributed by atoms with E-state index in [9.17, 15) is 24.3 Å². The third-order valence-electron chi connectivity index (χ3n) is 6.55. The summed E-state index contributed by atoms with van der Waals surface area (Å²) in [4.78, 5) is 52.3. The molecule has 3 N–H and O–H groups in total. The molecule has 0 aromatic heterocycles. The lowest BCUT2D eigenvalue weighted by molar-refractivity contribution is -0.140. The van der Waals surface area contributed by atoms with Crippen LogP contribution in [0.1, 0.15) is 47.9 Å². The molecular weight excluding hydrogens is 436 g/mol. The van der Waals surface area contributed by atoms with Crippen LogP contribution in [0.2, 0.25) is 0 Å². The SMILES string of the molecule is CNC(=O)Nc1ccc2c(c1)CC[C@@H]2C(=O)N(CC(=O)N1CCC[C@H]1c1ccccc1)C(=O)O. The zero-order chi connectivity index (χ0) is 24.2. The second kappa shape index (κ2) is 9.94. The van der Waals surface area contributed by atoms with Gasteiger partial charge in [-0.3, -0.25) is 9.59 Å². The number of hydrogen-bond donors (Lipinski definition) is 3. The molecular formula is C25H28N4O5. The summed E-state index contributed by atoms with van der Waals surface area (Å²) in [6, 6.07) is 14.4. The lowest BCUT2D eigenvalue weighted by Crippen LogP contribution is -2.46. The van der Waals surface area contributed by atoms with Crippen molar-refractivity contribution in [2.75, 3.05) is 25.5 Å². The van der Waals surface area contributed by atoms with Crippen molar-refractivity contribution in [3.8, 4) is 0 Å². The van der Waals surface area contributed by atoms with Gasteiger partial charge in [-0.1, -0.05) is 36.4 Å². The number of rotatable bonds is 5. The minimum absolute atomic E-state index is 0.113. The molecule has 9 heteroatoms. The summed E-state index contributed by atoms with van der Waals surface area (Å²) < 4.78 is 0. The largest absolute Gasteiger partial charge is 0.465 e. The summed E-state index contributed by atoms with van der Waals surface area (Å²) in [5.74, 6) is -1.61. The van der Waals surface area contributed by atoms with Gasteiger partial charge in [0.15, 0.2) is 0 Å². The number of nitrogens with zero attached hydrogens (tertiary/aromatic N) is 2. The highest BCUT2D eigenvalue weighted by Gasteiger charge is 2.38. The third-order valence-corrected chi connectivity index (χ3v) is 6.55. The maximum absolute atomic E-state index is 13.3. The summed E-state index contributed by atoms with van der Waals surface area (Å²) in [5, 5.41) is 14.9. The Morgan fingerprint density at radius 1 is 1.09 bits per heavy atom. The molecule has 1 aliphatic heterocycles. The van der Waals surface area contributed by atoms with Gasteiger partial charge < -0.3 is 20.6 Å². The molecule has 0 bridgehead atoms. The number of imide groups is 1. The lowest BCUT2D eigenvalue weighted by Gasteiger charge is -2.28. The minimum Gasteiger partial charge on any atom is -0.465 e. The molecule has 1 saturated heterocycles. The van der Waals surface area contributed by atoms with Crippen LogP contribution in [0, 0.1) is 0 Å². The monoisotopic (exact) mass is 464 g/mol. The van der Waals surface area contributed by atoms with E-state index in [1.165, 1.54) is 7.05 Å². The number of aryl methyl sites for hydroxylation is 1. The van der Waals surface area contributed by atoms with Gasteiger partial charge >= 0.3 is 12.1 Å². The molecule has 1 aliphatic carbocycles. The van der Waals surface area contributed by atoms with E-state index in [1.807, 2.05) is 30.3 Å². The van der Waals surface area contributed by atoms with Crippen LogP contribution in [0.15, 0.2) is 48.5 Å². The van der Waals surface area contributed by atoms with Gasteiger partial charge in [0, 0.05) is 19.3 Å². The van der Waals surface area contributed by atoms with Crippen molar-refractivity contribution in [2.24, 2.45) is 0 Å². The van der Waals surface area contributed by atoms with E-state index in [0.717, 1.165) is 29.5 Å². The fourth-order valence-electron chi connectivity index (χ4n) is 4.89. The van der Waals surface area contributed by atoms with Crippen LogP contribution < -0.4 is 10.6 Å². The van der Waals surface area contributed by atoms with Gasteiger partial charge in [0.1, 0.15) is 6.54 Å². The first-order valence-electron chi connectivity index (χ1n) is 11.4. The molecule has 2 aliphatic rings. The zero-order valence-corrected chi connectivity index (χ0v) is 19.0. The van der Waals surface area contributed by atoms with E-state index in [2.05, 4.69) is 10.6 Å². The van der Waals surface area contributed by atoms with Gasteiger partial charge in [-0.05, 0) is 54.5 Å². The Balaban J connectivity index is 1.48. The quantitative estimate of drug-likeness (QED) is 0.627. The fourth-order valence-corrected chi connectivity index (χ4v) is 4.89. The van der Waals surface area contributed by atoms with Gasteiger partial charge in [0.05, 0.1) is 12.0 Å². The number of carboxylic acid groups (broad SMARTS) is 1. The van der Waals surface area contributed by atoms with Crippen LogP contribution in [0.25, 0.3) is 0 Å². The molecule has 5 amide bonds. The molecule has 9 nitrogen and oxygen atoms in total. The lowest BCUT2D eigenvalue weighted by atomic mass is 9.99. The van der Waals surface area contributed by atoms with Crippen molar-refractivity contribution >= 4 is 29.6 Å². The number of fused-ring (bicyclic) bond motifs is 1. The molecule has 34 heavy (non-hydrogen) atoms. The summed E-state index contributed by atoms with van der Waals surface area (Å²) in [6.07, 6.45) is 1.23. The van der Waals surface area contributed by atoms with Crippen LogP contribution in [-0.4, -0.2) is 59.0 Å². The molecule has 1 heterocycles. The first kappa shape index (κ1) is 23.3. The molecule has 0 unspecified atom stereocenters.